The Labute approximate surface area is 160 Å². The molecule has 0 bridgehead atoms. The highest BCUT2D eigenvalue weighted by Gasteiger charge is 2.31. The maximum Gasteiger partial charge on any atom is 0.246 e. The summed E-state index contributed by atoms with van der Waals surface area (Å²) in [7, 11) is -1.21. The summed E-state index contributed by atoms with van der Waals surface area (Å²) in [5, 5.41) is 4.56. The van der Waals surface area contributed by atoms with Crippen LogP contribution in [0.5, 0.6) is 0 Å². The lowest BCUT2D eigenvalue weighted by Crippen LogP contribution is -2.24. The van der Waals surface area contributed by atoms with Gasteiger partial charge < -0.3 is 4.90 Å². The summed E-state index contributed by atoms with van der Waals surface area (Å²) in [4.78, 5) is 14.1. The first-order valence-electron chi connectivity index (χ1n) is 9.00. The first kappa shape index (κ1) is 19.4. The summed E-state index contributed by atoms with van der Waals surface area (Å²) in [6, 6.07) is 9.57. The fourth-order valence-corrected chi connectivity index (χ4v) is 5.12. The van der Waals surface area contributed by atoms with Gasteiger partial charge in [-0.25, -0.2) is 8.42 Å². The molecule has 144 valence electrons. The third-order valence-corrected chi connectivity index (χ3v) is 6.77. The number of sulfone groups is 1. The molecule has 3 rings (SSSR count). The number of carbonyl (C=O) groups excluding carboxylic acids is 1. The van der Waals surface area contributed by atoms with E-state index in [2.05, 4.69) is 5.10 Å². The molecular formula is C20H25N3O3S. The lowest BCUT2D eigenvalue weighted by atomic mass is 10.1. The number of aromatic nitrogens is 2. The van der Waals surface area contributed by atoms with Crippen LogP contribution in [0.15, 0.2) is 36.4 Å². The molecule has 1 aliphatic heterocycles. The zero-order valence-electron chi connectivity index (χ0n) is 15.9. The van der Waals surface area contributed by atoms with Gasteiger partial charge in [-0.2, -0.15) is 5.10 Å². The molecule has 0 aliphatic carbocycles. The van der Waals surface area contributed by atoms with E-state index >= 15 is 0 Å². The minimum Gasteiger partial charge on any atom is -0.338 e. The maximum absolute atomic E-state index is 12.4. The van der Waals surface area contributed by atoms with Crippen LogP contribution in [-0.2, 0) is 21.2 Å². The summed E-state index contributed by atoms with van der Waals surface area (Å²) < 4.78 is 25.4. The Morgan fingerprint density at radius 2 is 2.00 bits per heavy atom. The summed E-state index contributed by atoms with van der Waals surface area (Å²) >= 11 is 0. The molecule has 1 aromatic heterocycles. The third-order valence-electron chi connectivity index (χ3n) is 5.02. The molecule has 1 aliphatic rings. The Morgan fingerprint density at radius 1 is 1.30 bits per heavy atom. The molecule has 1 atom stereocenters. The van der Waals surface area contributed by atoms with Gasteiger partial charge in [0.15, 0.2) is 9.84 Å². The lowest BCUT2D eigenvalue weighted by molar-refractivity contribution is -0.125. The predicted molar refractivity (Wildman–Crippen MR) is 106 cm³/mol. The van der Waals surface area contributed by atoms with Gasteiger partial charge in [-0.05, 0) is 31.9 Å². The SMILES string of the molecule is Cc1nn([C@H]2CCS(=O)(=O)C2)c(C)c1CN(C)C(=O)/C=C/c1ccccc1. The number of rotatable bonds is 5. The monoisotopic (exact) mass is 387 g/mol. The number of amides is 1. The van der Waals surface area contributed by atoms with Crippen molar-refractivity contribution in [2.45, 2.75) is 32.9 Å². The van der Waals surface area contributed by atoms with Gasteiger partial charge in [0, 0.05) is 30.9 Å². The van der Waals surface area contributed by atoms with Gasteiger partial charge in [-0.3, -0.25) is 9.48 Å². The maximum atomic E-state index is 12.4. The van der Waals surface area contributed by atoms with E-state index in [1.165, 1.54) is 0 Å². The number of nitrogens with zero attached hydrogens (tertiary/aromatic N) is 3. The smallest absolute Gasteiger partial charge is 0.246 e. The summed E-state index contributed by atoms with van der Waals surface area (Å²) in [6.45, 7) is 4.29. The molecule has 7 heteroatoms. The average molecular weight is 388 g/mol. The molecule has 1 amide bonds. The van der Waals surface area contributed by atoms with Crippen molar-refractivity contribution >= 4 is 21.8 Å². The van der Waals surface area contributed by atoms with Crippen molar-refractivity contribution in [1.29, 1.82) is 0 Å². The van der Waals surface area contributed by atoms with E-state index in [1.807, 2.05) is 48.9 Å². The molecule has 0 saturated carbocycles. The Bertz CT molecular complexity index is 962. The molecule has 1 fully saturated rings. The van der Waals surface area contributed by atoms with E-state index in [-0.39, 0.29) is 23.5 Å². The van der Waals surface area contributed by atoms with Gasteiger partial charge in [0.2, 0.25) is 5.91 Å². The zero-order valence-corrected chi connectivity index (χ0v) is 16.7. The first-order chi connectivity index (χ1) is 12.8. The van der Waals surface area contributed by atoms with Crippen molar-refractivity contribution in [3.63, 3.8) is 0 Å². The van der Waals surface area contributed by atoms with Crippen LogP contribution in [0, 0.1) is 13.8 Å². The van der Waals surface area contributed by atoms with Crippen molar-refractivity contribution in [3.05, 3.63) is 58.9 Å². The van der Waals surface area contributed by atoms with Gasteiger partial charge >= 0.3 is 0 Å². The zero-order chi connectivity index (χ0) is 19.6. The largest absolute Gasteiger partial charge is 0.338 e. The standard InChI is InChI=1S/C20H25N3O3S/c1-15-19(16(2)23(21-15)18-11-12-27(25,26)14-18)13-22(3)20(24)10-9-17-7-5-4-6-8-17/h4-10,18H,11-14H2,1-3H3/b10-9+/t18-/m0/s1. The van der Waals surface area contributed by atoms with Gasteiger partial charge in [0.25, 0.3) is 0 Å². The molecule has 0 N–H and O–H groups in total. The fraction of sp³-hybridized carbons (Fsp3) is 0.400. The predicted octanol–water partition coefficient (Wildman–Crippen LogP) is 2.53. The van der Waals surface area contributed by atoms with Crippen LogP contribution in [0.2, 0.25) is 0 Å². The van der Waals surface area contributed by atoms with Crippen LogP contribution in [0.3, 0.4) is 0 Å². The van der Waals surface area contributed by atoms with Gasteiger partial charge in [0.1, 0.15) is 0 Å². The minimum atomic E-state index is -2.97. The first-order valence-corrected chi connectivity index (χ1v) is 10.8. The van der Waals surface area contributed by atoms with Crippen LogP contribution in [0.25, 0.3) is 6.08 Å². The number of likely N-dealkylation sites (N-methyl/N-ethyl adjacent to an activating group) is 1. The van der Waals surface area contributed by atoms with Crippen molar-refractivity contribution < 1.29 is 13.2 Å². The van der Waals surface area contributed by atoms with Crippen molar-refractivity contribution in [2.24, 2.45) is 0 Å². The Morgan fingerprint density at radius 3 is 2.63 bits per heavy atom. The van der Waals surface area contributed by atoms with Crippen molar-refractivity contribution in [1.82, 2.24) is 14.7 Å². The normalized spacial score (nSPS) is 18.9. The van der Waals surface area contributed by atoms with Crippen LogP contribution < -0.4 is 0 Å². The average Bonchev–Trinajstić information content (AvgIpc) is 3.13. The fourth-order valence-electron chi connectivity index (χ4n) is 3.42. The molecule has 27 heavy (non-hydrogen) atoms. The van der Waals surface area contributed by atoms with Crippen molar-refractivity contribution in [3.8, 4) is 0 Å². The highest BCUT2D eigenvalue weighted by Crippen LogP contribution is 2.27. The number of aryl methyl sites for hydroxylation is 1. The molecule has 1 saturated heterocycles. The summed E-state index contributed by atoms with van der Waals surface area (Å²) in [6.07, 6.45) is 3.96. The molecule has 6 nitrogen and oxygen atoms in total. The second kappa shape index (κ2) is 7.68. The summed E-state index contributed by atoms with van der Waals surface area (Å²) in [5.74, 6) is 0.269. The summed E-state index contributed by atoms with van der Waals surface area (Å²) in [5.41, 5.74) is 3.72. The van der Waals surface area contributed by atoms with Gasteiger partial charge in [-0.1, -0.05) is 30.3 Å². The van der Waals surface area contributed by atoms with E-state index in [1.54, 1.807) is 24.1 Å². The third kappa shape index (κ3) is 4.47. The van der Waals surface area contributed by atoms with E-state index < -0.39 is 9.84 Å². The second-order valence-electron chi connectivity index (χ2n) is 7.09. The second-order valence-corrected chi connectivity index (χ2v) is 9.32. The molecule has 2 heterocycles. The number of carbonyl (C=O) groups is 1. The van der Waals surface area contributed by atoms with Crippen LogP contribution in [0.1, 0.15) is 35.0 Å². The molecule has 0 radical (unpaired) electrons. The quantitative estimate of drug-likeness (QED) is 0.739. The molecule has 2 aromatic rings. The number of hydrogen-bond acceptors (Lipinski definition) is 4. The Balaban J connectivity index is 1.72. The van der Waals surface area contributed by atoms with Gasteiger partial charge in [-0.15, -0.1) is 0 Å². The highest BCUT2D eigenvalue weighted by molar-refractivity contribution is 7.91. The van der Waals surface area contributed by atoms with Crippen LogP contribution >= 0.6 is 0 Å². The Kier molecular flexibility index (Phi) is 5.51. The van der Waals surface area contributed by atoms with Gasteiger partial charge in [0.05, 0.1) is 23.2 Å². The van der Waals surface area contributed by atoms with Crippen LogP contribution in [-0.4, -0.2) is 47.6 Å². The van der Waals surface area contributed by atoms with E-state index in [0.717, 1.165) is 22.5 Å². The molecular weight excluding hydrogens is 362 g/mol. The number of benzene rings is 1. The molecule has 0 unspecified atom stereocenters. The van der Waals surface area contributed by atoms with E-state index in [9.17, 15) is 13.2 Å². The van der Waals surface area contributed by atoms with E-state index in [0.29, 0.717) is 13.0 Å². The topological polar surface area (TPSA) is 72.3 Å². The molecule has 0 spiro atoms. The Hall–Kier alpha value is -2.41. The highest BCUT2D eigenvalue weighted by atomic mass is 32.2. The van der Waals surface area contributed by atoms with Crippen LogP contribution in [0.4, 0.5) is 0 Å². The van der Waals surface area contributed by atoms with E-state index in [4.69, 9.17) is 0 Å². The van der Waals surface area contributed by atoms with Crippen molar-refractivity contribution in [2.75, 3.05) is 18.6 Å². The minimum absolute atomic E-state index is 0.0890. The molecule has 1 aromatic carbocycles. The number of hydrogen-bond donors (Lipinski definition) is 0. The lowest BCUT2D eigenvalue weighted by Gasteiger charge is -2.16.